The van der Waals surface area contributed by atoms with Gasteiger partial charge in [-0.1, -0.05) is 6.92 Å². The molecule has 0 aliphatic heterocycles. The number of hydrogen-bond donors (Lipinski definition) is 1. The van der Waals surface area contributed by atoms with Crippen LogP contribution in [-0.4, -0.2) is 28.9 Å². The molecule has 5 nitrogen and oxygen atoms in total. The van der Waals surface area contributed by atoms with Crippen molar-refractivity contribution in [2.45, 2.75) is 25.9 Å². The Labute approximate surface area is 89.4 Å². The number of carbonyl (C=O) groups excluding carboxylic acids is 1. The molecule has 1 atom stereocenters. The second kappa shape index (κ2) is 5.50. The molecule has 1 aromatic rings. The van der Waals surface area contributed by atoms with E-state index in [9.17, 15) is 4.79 Å². The van der Waals surface area contributed by atoms with Gasteiger partial charge in [-0.25, -0.2) is 0 Å². The van der Waals surface area contributed by atoms with Gasteiger partial charge in [0.15, 0.2) is 0 Å². The minimum Gasteiger partial charge on any atom is -0.468 e. The maximum Gasteiger partial charge on any atom is 0.322 e. The predicted octanol–water partition coefficient (Wildman–Crippen LogP) is 0.461. The largest absolute Gasteiger partial charge is 0.468 e. The number of aryl methyl sites for hydroxylation is 1. The van der Waals surface area contributed by atoms with Gasteiger partial charge >= 0.3 is 5.97 Å². The highest BCUT2D eigenvalue weighted by Crippen LogP contribution is 1.98. The number of rotatable bonds is 5. The first-order valence-electron chi connectivity index (χ1n) is 4.97. The smallest absolute Gasteiger partial charge is 0.322 e. The molecule has 0 amide bonds. The Morgan fingerprint density at radius 3 is 2.93 bits per heavy atom. The van der Waals surface area contributed by atoms with Crippen molar-refractivity contribution in [2.24, 2.45) is 7.05 Å². The van der Waals surface area contributed by atoms with Gasteiger partial charge in [0, 0.05) is 19.8 Å². The number of esters is 1. The molecule has 0 aliphatic rings. The Hall–Kier alpha value is -1.36. The quantitative estimate of drug-likeness (QED) is 0.719. The molecule has 1 aromatic heterocycles. The van der Waals surface area contributed by atoms with E-state index in [2.05, 4.69) is 15.2 Å². The fourth-order valence-electron chi connectivity index (χ4n) is 1.32. The molecule has 1 unspecified atom stereocenters. The summed E-state index contributed by atoms with van der Waals surface area (Å²) >= 11 is 0. The summed E-state index contributed by atoms with van der Waals surface area (Å²) in [6.07, 6.45) is 2.58. The highest BCUT2D eigenvalue weighted by atomic mass is 16.5. The van der Waals surface area contributed by atoms with Gasteiger partial charge in [0.05, 0.1) is 12.8 Å². The van der Waals surface area contributed by atoms with Crippen LogP contribution in [0, 0.1) is 0 Å². The Kier molecular flexibility index (Phi) is 4.30. The van der Waals surface area contributed by atoms with Crippen molar-refractivity contribution < 1.29 is 9.53 Å². The molecular weight excluding hydrogens is 194 g/mol. The van der Waals surface area contributed by atoms with Crippen LogP contribution < -0.4 is 5.32 Å². The summed E-state index contributed by atoms with van der Waals surface area (Å²) in [5, 5.41) is 7.30. The van der Waals surface area contributed by atoms with Crippen LogP contribution in [0.2, 0.25) is 0 Å². The lowest BCUT2D eigenvalue weighted by Crippen LogP contribution is -2.36. The van der Waals surface area contributed by atoms with Gasteiger partial charge in [0.1, 0.15) is 6.04 Å². The minimum atomic E-state index is -0.253. The number of methoxy groups -OCH3 is 1. The summed E-state index contributed by atoms with van der Waals surface area (Å²) in [5.74, 6) is -0.228. The van der Waals surface area contributed by atoms with E-state index in [1.54, 1.807) is 4.68 Å². The first kappa shape index (κ1) is 11.7. The molecule has 1 rings (SSSR count). The van der Waals surface area contributed by atoms with Gasteiger partial charge in [0.25, 0.3) is 0 Å². The zero-order chi connectivity index (χ0) is 11.3. The second-order valence-corrected chi connectivity index (χ2v) is 3.35. The van der Waals surface area contributed by atoms with Gasteiger partial charge < -0.3 is 4.74 Å². The average molecular weight is 211 g/mol. The van der Waals surface area contributed by atoms with E-state index >= 15 is 0 Å². The third kappa shape index (κ3) is 3.36. The number of hydrogen-bond acceptors (Lipinski definition) is 4. The monoisotopic (exact) mass is 211 g/mol. The second-order valence-electron chi connectivity index (χ2n) is 3.35. The molecule has 1 N–H and O–H groups in total. The first-order chi connectivity index (χ1) is 7.17. The number of ether oxygens (including phenoxy) is 1. The highest BCUT2D eigenvalue weighted by molar-refractivity contribution is 5.75. The standard InChI is InChI=1S/C10H17N3O2/c1-4-9(10(14)15-3)11-7-8-5-6-13(2)12-8/h5-6,9,11H,4,7H2,1-3H3. The van der Waals surface area contributed by atoms with E-state index in [0.29, 0.717) is 13.0 Å². The van der Waals surface area contributed by atoms with Crippen molar-refractivity contribution in [3.8, 4) is 0 Å². The Morgan fingerprint density at radius 1 is 1.73 bits per heavy atom. The zero-order valence-corrected chi connectivity index (χ0v) is 9.36. The molecule has 15 heavy (non-hydrogen) atoms. The maximum atomic E-state index is 11.3. The van der Waals surface area contributed by atoms with Crippen molar-refractivity contribution in [2.75, 3.05) is 7.11 Å². The van der Waals surface area contributed by atoms with E-state index in [0.717, 1.165) is 5.69 Å². The fourth-order valence-corrected chi connectivity index (χ4v) is 1.32. The van der Waals surface area contributed by atoms with Crippen LogP contribution in [-0.2, 0) is 23.1 Å². The number of nitrogens with one attached hydrogen (secondary N) is 1. The zero-order valence-electron chi connectivity index (χ0n) is 9.36. The summed E-state index contributed by atoms with van der Waals surface area (Å²) < 4.78 is 6.40. The first-order valence-corrected chi connectivity index (χ1v) is 4.97. The van der Waals surface area contributed by atoms with Crippen LogP contribution in [0.1, 0.15) is 19.0 Å². The molecule has 0 saturated carbocycles. The average Bonchev–Trinajstić information content (AvgIpc) is 2.64. The van der Waals surface area contributed by atoms with Crippen molar-refractivity contribution in [1.29, 1.82) is 0 Å². The third-order valence-electron chi connectivity index (χ3n) is 2.19. The molecule has 84 valence electrons. The third-order valence-corrected chi connectivity index (χ3v) is 2.19. The SMILES string of the molecule is CCC(NCc1ccn(C)n1)C(=O)OC. The molecular formula is C10H17N3O2. The Morgan fingerprint density at radius 2 is 2.47 bits per heavy atom. The fraction of sp³-hybridized carbons (Fsp3) is 0.600. The molecule has 1 heterocycles. The molecule has 0 saturated heterocycles. The molecule has 0 aliphatic carbocycles. The highest BCUT2D eigenvalue weighted by Gasteiger charge is 2.15. The maximum absolute atomic E-state index is 11.3. The van der Waals surface area contributed by atoms with E-state index in [4.69, 9.17) is 0 Å². The summed E-state index contributed by atoms with van der Waals surface area (Å²) in [5.41, 5.74) is 0.917. The van der Waals surface area contributed by atoms with Crippen LogP contribution in [0.25, 0.3) is 0 Å². The molecule has 5 heteroatoms. The summed E-state index contributed by atoms with van der Waals surface area (Å²) in [6, 6.07) is 1.66. The molecule has 0 spiro atoms. The lowest BCUT2D eigenvalue weighted by atomic mass is 10.2. The van der Waals surface area contributed by atoms with E-state index in [1.807, 2.05) is 26.2 Å². The molecule has 0 fully saturated rings. The van der Waals surface area contributed by atoms with Gasteiger partial charge in [-0.05, 0) is 12.5 Å². The lowest BCUT2D eigenvalue weighted by Gasteiger charge is -2.13. The van der Waals surface area contributed by atoms with Crippen LogP contribution >= 0.6 is 0 Å². The topological polar surface area (TPSA) is 56.2 Å². The van der Waals surface area contributed by atoms with Crippen LogP contribution in [0.15, 0.2) is 12.3 Å². The normalized spacial score (nSPS) is 12.5. The van der Waals surface area contributed by atoms with Crippen LogP contribution in [0.4, 0.5) is 0 Å². The van der Waals surface area contributed by atoms with Crippen LogP contribution in [0.3, 0.4) is 0 Å². The number of aromatic nitrogens is 2. The predicted molar refractivity (Wildman–Crippen MR) is 56.1 cm³/mol. The molecule has 0 bridgehead atoms. The Balaban J connectivity index is 2.44. The summed E-state index contributed by atoms with van der Waals surface area (Å²) in [6.45, 7) is 2.52. The van der Waals surface area contributed by atoms with E-state index in [1.165, 1.54) is 7.11 Å². The summed E-state index contributed by atoms with van der Waals surface area (Å²) in [4.78, 5) is 11.3. The van der Waals surface area contributed by atoms with Gasteiger partial charge in [-0.2, -0.15) is 5.10 Å². The van der Waals surface area contributed by atoms with Crippen molar-refractivity contribution in [3.05, 3.63) is 18.0 Å². The summed E-state index contributed by atoms with van der Waals surface area (Å²) in [7, 11) is 3.26. The number of carbonyl (C=O) groups is 1. The molecule has 0 radical (unpaired) electrons. The van der Waals surface area contributed by atoms with Gasteiger partial charge in [-0.15, -0.1) is 0 Å². The Bertz CT molecular complexity index is 322. The van der Waals surface area contributed by atoms with E-state index in [-0.39, 0.29) is 12.0 Å². The molecule has 0 aromatic carbocycles. The number of nitrogens with zero attached hydrogens (tertiary/aromatic N) is 2. The van der Waals surface area contributed by atoms with Crippen molar-refractivity contribution in [1.82, 2.24) is 15.1 Å². The van der Waals surface area contributed by atoms with Crippen molar-refractivity contribution in [3.63, 3.8) is 0 Å². The lowest BCUT2D eigenvalue weighted by molar-refractivity contribution is -0.143. The van der Waals surface area contributed by atoms with Gasteiger partial charge in [0.2, 0.25) is 0 Å². The van der Waals surface area contributed by atoms with Crippen LogP contribution in [0.5, 0.6) is 0 Å². The van der Waals surface area contributed by atoms with Gasteiger partial charge in [-0.3, -0.25) is 14.8 Å². The van der Waals surface area contributed by atoms with E-state index < -0.39 is 0 Å². The minimum absolute atomic E-state index is 0.228. The van der Waals surface area contributed by atoms with Crippen molar-refractivity contribution >= 4 is 5.97 Å².